The summed E-state index contributed by atoms with van der Waals surface area (Å²) in [6, 6.07) is 13.8. The summed E-state index contributed by atoms with van der Waals surface area (Å²) in [4.78, 5) is 0. The van der Waals surface area contributed by atoms with E-state index < -0.39 is 6.10 Å². The van der Waals surface area contributed by atoms with Crippen molar-refractivity contribution in [2.75, 3.05) is 7.11 Å². The fourth-order valence-corrected chi connectivity index (χ4v) is 2.52. The van der Waals surface area contributed by atoms with Gasteiger partial charge < -0.3 is 9.84 Å². The molecule has 1 atom stereocenters. The highest BCUT2D eigenvalue weighted by Crippen LogP contribution is 2.30. The Labute approximate surface area is 122 Å². The predicted molar refractivity (Wildman–Crippen MR) is 80.5 cm³/mol. The summed E-state index contributed by atoms with van der Waals surface area (Å²) in [5, 5.41) is 10.4. The van der Waals surface area contributed by atoms with Gasteiger partial charge in [0, 0.05) is 16.5 Å². The highest BCUT2D eigenvalue weighted by atomic mass is 79.9. The van der Waals surface area contributed by atoms with Crippen molar-refractivity contribution in [3.63, 3.8) is 0 Å². The molecule has 0 aliphatic rings. The average molecular weight is 321 g/mol. The maximum Gasteiger partial charge on any atom is 0.124 e. The van der Waals surface area contributed by atoms with E-state index >= 15 is 0 Å². The zero-order valence-corrected chi connectivity index (χ0v) is 12.6. The minimum atomic E-state index is -0.575. The second kappa shape index (κ2) is 6.22. The van der Waals surface area contributed by atoms with Gasteiger partial charge in [0.2, 0.25) is 0 Å². The molecule has 2 aromatic rings. The normalized spacial score (nSPS) is 12.2. The van der Waals surface area contributed by atoms with Gasteiger partial charge in [0.15, 0.2) is 0 Å². The number of halogens is 1. The van der Waals surface area contributed by atoms with Crippen LogP contribution in [0, 0.1) is 6.92 Å². The molecule has 1 unspecified atom stereocenters. The minimum Gasteiger partial charge on any atom is -0.496 e. The summed E-state index contributed by atoms with van der Waals surface area (Å²) in [6.45, 7) is 2.01. The molecule has 2 nitrogen and oxygen atoms in total. The SMILES string of the molecule is COc1cc(C)ccc1C(O)Cc1ccccc1Br. The third kappa shape index (κ3) is 3.37. The fraction of sp³-hybridized carbons (Fsp3) is 0.250. The lowest BCUT2D eigenvalue weighted by atomic mass is 9.99. The van der Waals surface area contributed by atoms with Crippen molar-refractivity contribution in [2.45, 2.75) is 19.4 Å². The zero-order valence-electron chi connectivity index (χ0n) is 11.1. The molecule has 19 heavy (non-hydrogen) atoms. The fourth-order valence-electron chi connectivity index (χ4n) is 2.08. The largest absolute Gasteiger partial charge is 0.496 e. The van der Waals surface area contributed by atoms with E-state index in [4.69, 9.17) is 4.74 Å². The van der Waals surface area contributed by atoms with Crippen LogP contribution in [0.1, 0.15) is 22.8 Å². The number of benzene rings is 2. The quantitative estimate of drug-likeness (QED) is 0.921. The van der Waals surface area contributed by atoms with Crippen LogP contribution in [0.3, 0.4) is 0 Å². The van der Waals surface area contributed by atoms with E-state index in [9.17, 15) is 5.11 Å². The van der Waals surface area contributed by atoms with Gasteiger partial charge >= 0.3 is 0 Å². The van der Waals surface area contributed by atoms with Crippen LogP contribution in [0.5, 0.6) is 5.75 Å². The lowest BCUT2D eigenvalue weighted by molar-refractivity contribution is 0.174. The van der Waals surface area contributed by atoms with Crippen LogP contribution < -0.4 is 4.74 Å². The number of hydrogen-bond donors (Lipinski definition) is 1. The number of methoxy groups -OCH3 is 1. The van der Waals surface area contributed by atoms with Crippen LogP contribution in [0.2, 0.25) is 0 Å². The topological polar surface area (TPSA) is 29.5 Å². The smallest absolute Gasteiger partial charge is 0.124 e. The van der Waals surface area contributed by atoms with E-state index in [0.29, 0.717) is 6.42 Å². The van der Waals surface area contributed by atoms with Crippen molar-refractivity contribution in [2.24, 2.45) is 0 Å². The average Bonchev–Trinajstić information content (AvgIpc) is 2.41. The van der Waals surface area contributed by atoms with Gasteiger partial charge in [0.25, 0.3) is 0 Å². The molecule has 0 fully saturated rings. The summed E-state index contributed by atoms with van der Waals surface area (Å²) < 4.78 is 6.36. The van der Waals surface area contributed by atoms with Gasteiger partial charge in [0.05, 0.1) is 13.2 Å². The lowest BCUT2D eigenvalue weighted by Gasteiger charge is -2.16. The Bertz CT molecular complexity index is 566. The summed E-state index contributed by atoms with van der Waals surface area (Å²) >= 11 is 3.50. The molecule has 0 aromatic heterocycles. The molecule has 0 amide bonds. The van der Waals surface area contributed by atoms with Crippen LogP contribution >= 0.6 is 15.9 Å². The van der Waals surface area contributed by atoms with E-state index in [2.05, 4.69) is 15.9 Å². The first-order chi connectivity index (χ1) is 9.11. The number of hydrogen-bond acceptors (Lipinski definition) is 2. The van der Waals surface area contributed by atoms with Crippen molar-refractivity contribution in [3.05, 3.63) is 63.6 Å². The maximum absolute atomic E-state index is 10.4. The number of aliphatic hydroxyl groups excluding tert-OH is 1. The molecule has 100 valence electrons. The number of rotatable bonds is 4. The van der Waals surface area contributed by atoms with Gasteiger partial charge in [-0.3, -0.25) is 0 Å². The van der Waals surface area contributed by atoms with Crippen molar-refractivity contribution >= 4 is 15.9 Å². The standard InChI is InChI=1S/C16H17BrO2/c1-11-7-8-13(16(9-11)19-2)15(18)10-12-5-3-4-6-14(12)17/h3-9,15,18H,10H2,1-2H3. The lowest BCUT2D eigenvalue weighted by Crippen LogP contribution is -2.04. The Morgan fingerprint density at radius 1 is 1.21 bits per heavy atom. The third-order valence-electron chi connectivity index (χ3n) is 3.12. The second-order valence-corrected chi connectivity index (χ2v) is 5.41. The molecule has 0 saturated carbocycles. The molecular weight excluding hydrogens is 304 g/mol. The molecule has 0 aliphatic heterocycles. The first-order valence-electron chi connectivity index (χ1n) is 6.18. The van der Waals surface area contributed by atoms with E-state index in [1.807, 2.05) is 49.4 Å². The van der Waals surface area contributed by atoms with Crippen LogP contribution in [0.4, 0.5) is 0 Å². The molecule has 2 aromatic carbocycles. The minimum absolute atomic E-state index is 0.556. The summed E-state index contributed by atoms with van der Waals surface area (Å²) in [5.41, 5.74) is 3.02. The molecule has 0 bridgehead atoms. The zero-order chi connectivity index (χ0) is 13.8. The van der Waals surface area contributed by atoms with Gasteiger partial charge in [-0.25, -0.2) is 0 Å². The molecule has 1 N–H and O–H groups in total. The molecular formula is C16H17BrO2. The maximum atomic E-state index is 10.4. The first-order valence-corrected chi connectivity index (χ1v) is 6.97. The third-order valence-corrected chi connectivity index (χ3v) is 3.89. The van der Waals surface area contributed by atoms with E-state index in [0.717, 1.165) is 26.9 Å². The van der Waals surface area contributed by atoms with E-state index in [1.54, 1.807) is 7.11 Å². The van der Waals surface area contributed by atoms with Crippen molar-refractivity contribution in [1.29, 1.82) is 0 Å². The van der Waals surface area contributed by atoms with Crippen molar-refractivity contribution in [3.8, 4) is 5.75 Å². The van der Waals surface area contributed by atoms with Gasteiger partial charge in [-0.2, -0.15) is 0 Å². The highest BCUT2D eigenvalue weighted by molar-refractivity contribution is 9.10. The molecule has 0 heterocycles. The summed E-state index contributed by atoms with van der Waals surface area (Å²) in [6.07, 6.45) is -0.0184. The molecule has 3 heteroatoms. The van der Waals surface area contributed by atoms with Crippen LogP contribution in [-0.4, -0.2) is 12.2 Å². The molecule has 0 spiro atoms. The summed E-state index contributed by atoms with van der Waals surface area (Å²) in [5.74, 6) is 0.736. The number of aliphatic hydroxyl groups is 1. The van der Waals surface area contributed by atoms with Crippen molar-refractivity contribution < 1.29 is 9.84 Å². The van der Waals surface area contributed by atoms with E-state index in [-0.39, 0.29) is 0 Å². The Morgan fingerprint density at radius 2 is 1.95 bits per heavy atom. The molecule has 0 aliphatic carbocycles. The summed E-state index contributed by atoms with van der Waals surface area (Å²) in [7, 11) is 1.63. The molecule has 2 rings (SSSR count). The Kier molecular flexibility index (Phi) is 4.61. The van der Waals surface area contributed by atoms with Crippen LogP contribution in [0.25, 0.3) is 0 Å². The second-order valence-electron chi connectivity index (χ2n) is 4.56. The van der Waals surface area contributed by atoms with Crippen LogP contribution in [0.15, 0.2) is 46.9 Å². The monoisotopic (exact) mass is 320 g/mol. The van der Waals surface area contributed by atoms with Crippen LogP contribution in [-0.2, 0) is 6.42 Å². The Balaban J connectivity index is 2.25. The number of ether oxygens (including phenoxy) is 1. The Hall–Kier alpha value is -1.32. The van der Waals surface area contributed by atoms with Gasteiger partial charge in [-0.15, -0.1) is 0 Å². The van der Waals surface area contributed by atoms with Gasteiger partial charge in [-0.05, 0) is 30.2 Å². The van der Waals surface area contributed by atoms with Gasteiger partial charge in [-0.1, -0.05) is 46.3 Å². The first kappa shape index (κ1) is 14.1. The van der Waals surface area contributed by atoms with E-state index in [1.165, 1.54) is 0 Å². The van der Waals surface area contributed by atoms with Gasteiger partial charge in [0.1, 0.15) is 5.75 Å². The molecule has 0 saturated heterocycles. The predicted octanol–water partition coefficient (Wildman–Crippen LogP) is 4.04. The molecule has 0 radical (unpaired) electrons. The Morgan fingerprint density at radius 3 is 2.63 bits per heavy atom. The number of aryl methyl sites for hydroxylation is 1. The highest BCUT2D eigenvalue weighted by Gasteiger charge is 2.15. The van der Waals surface area contributed by atoms with Crippen molar-refractivity contribution in [1.82, 2.24) is 0 Å².